The number of thioether (sulfide) groups is 1. The van der Waals surface area contributed by atoms with Crippen molar-refractivity contribution < 1.29 is 22.6 Å². The highest BCUT2D eigenvalue weighted by atomic mass is 32.2. The maximum absolute atomic E-state index is 13.0. The third-order valence-corrected chi connectivity index (χ3v) is 5.65. The molecule has 0 unspecified atom stereocenters. The van der Waals surface area contributed by atoms with Gasteiger partial charge in [0.25, 0.3) is 5.56 Å². The number of alkyl halides is 3. The summed E-state index contributed by atoms with van der Waals surface area (Å²) in [5, 5.41) is 4.76. The molecule has 4 aromatic rings. The van der Waals surface area contributed by atoms with Crippen LogP contribution < -0.4 is 15.0 Å². The minimum atomic E-state index is -4.51. The molecule has 0 spiro atoms. The highest BCUT2D eigenvalue weighted by Crippen LogP contribution is 2.23. The molecule has 0 radical (unpaired) electrons. The fourth-order valence-electron chi connectivity index (χ4n) is 3.22. The van der Waals surface area contributed by atoms with Gasteiger partial charge in [-0.3, -0.25) is 14.0 Å². The van der Waals surface area contributed by atoms with Gasteiger partial charge < -0.3 is 9.47 Å². The molecule has 0 fully saturated rings. The van der Waals surface area contributed by atoms with Crippen molar-refractivity contribution in [2.24, 2.45) is 0 Å². The lowest BCUT2D eigenvalue weighted by atomic mass is 10.2. The molecule has 0 amide bonds. The fraction of sp³-hybridized carbons (Fsp3) is 0.261. The van der Waals surface area contributed by atoms with Crippen LogP contribution in [0.4, 0.5) is 13.2 Å². The first-order chi connectivity index (χ1) is 17.3. The van der Waals surface area contributed by atoms with E-state index in [0.29, 0.717) is 28.7 Å². The van der Waals surface area contributed by atoms with Crippen LogP contribution in [-0.2, 0) is 6.54 Å². The summed E-state index contributed by atoms with van der Waals surface area (Å²) in [7, 11) is 1.61. The van der Waals surface area contributed by atoms with Crippen molar-refractivity contribution in [2.75, 3.05) is 19.5 Å². The van der Waals surface area contributed by atoms with Gasteiger partial charge in [-0.05, 0) is 23.4 Å². The Balaban J connectivity index is 1.58. The largest absolute Gasteiger partial charge is 0.497 e. The molecule has 0 aliphatic rings. The maximum Gasteiger partial charge on any atom is 0.422 e. The van der Waals surface area contributed by atoms with Gasteiger partial charge in [-0.1, -0.05) is 30.8 Å². The predicted molar refractivity (Wildman–Crippen MR) is 127 cm³/mol. The zero-order valence-corrected chi connectivity index (χ0v) is 20.1. The zero-order valence-electron chi connectivity index (χ0n) is 19.3. The quantitative estimate of drug-likeness (QED) is 0.242. The Bertz CT molecular complexity index is 1370. The van der Waals surface area contributed by atoms with E-state index in [-0.39, 0.29) is 5.69 Å². The first-order valence-corrected chi connectivity index (χ1v) is 11.7. The van der Waals surface area contributed by atoms with Crippen LogP contribution in [0.2, 0.25) is 0 Å². The molecular formula is C23H21F3N6O3S. The summed E-state index contributed by atoms with van der Waals surface area (Å²) in [5.41, 5.74) is 1.99. The van der Waals surface area contributed by atoms with Gasteiger partial charge in [0.1, 0.15) is 5.75 Å². The molecule has 3 aromatic heterocycles. The van der Waals surface area contributed by atoms with Gasteiger partial charge in [0.05, 0.1) is 43.6 Å². The van der Waals surface area contributed by atoms with Gasteiger partial charge in [0.2, 0.25) is 0 Å². The first kappa shape index (κ1) is 25.2. The zero-order chi connectivity index (χ0) is 25.7. The van der Waals surface area contributed by atoms with Crippen molar-refractivity contribution >= 4 is 11.8 Å². The Labute approximate surface area is 207 Å². The predicted octanol–water partition coefficient (Wildman–Crippen LogP) is 4.00. The van der Waals surface area contributed by atoms with Gasteiger partial charge >= 0.3 is 12.2 Å². The summed E-state index contributed by atoms with van der Waals surface area (Å²) in [6.07, 6.45) is 1.35. The van der Waals surface area contributed by atoms with E-state index in [4.69, 9.17) is 4.74 Å². The standard InChI is InChI=1S/C23H21F3N6O3S/c1-3-36-22-30-19(16-9-29-31(13-16)12-15-4-6-18(34-2)7-5-15)8-20(33)32(22)17-10-27-21(28-11-17)35-14-23(24,25)26/h4-11,13H,3,12,14H2,1-2H3. The van der Waals surface area contributed by atoms with Gasteiger partial charge in [-0.15, -0.1) is 0 Å². The van der Waals surface area contributed by atoms with Crippen molar-refractivity contribution in [3.63, 3.8) is 0 Å². The lowest BCUT2D eigenvalue weighted by molar-refractivity contribution is -0.154. The number of nitrogens with zero attached hydrogens (tertiary/aromatic N) is 6. The number of rotatable bonds is 9. The third-order valence-electron chi connectivity index (χ3n) is 4.83. The highest BCUT2D eigenvalue weighted by Gasteiger charge is 2.29. The van der Waals surface area contributed by atoms with Crippen molar-refractivity contribution in [1.29, 1.82) is 0 Å². The van der Waals surface area contributed by atoms with Crippen LogP contribution in [0.15, 0.2) is 65.1 Å². The molecule has 0 saturated carbocycles. The third kappa shape index (κ3) is 6.22. The summed E-state index contributed by atoms with van der Waals surface area (Å²) in [5.74, 6) is 1.39. The van der Waals surface area contributed by atoms with Crippen molar-refractivity contribution in [3.05, 3.63) is 71.0 Å². The van der Waals surface area contributed by atoms with Crippen molar-refractivity contribution in [1.82, 2.24) is 29.3 Å². The van der Waals surface area contributed by atoms with Crippen LogP contribution in [0.25, 0.3) is 16.9 Å². The van der Waals surface area contributed by atoms with E-state index in [0.717, 1.165) is 11.3 Å². The van der Waals surface area contributed by atoms with Gasteiger partial charge in [-0.25, -0.2) is 15.0 Å². The van der Waals surface area contributed by atoms with E-state index in [2.05, 4.69) is 24.8 Å². The van der Waals surface area contributed by atoms with Crippen molar-refractivity contribution in [3.8, 4) is 28.7 Å². The second-order valence-corrected chi connectivity index (χ2v) is 8.66. The van der Waals surface area contributed by atoms with E-state index < -0.39 is 24.4 Å². The number of methoxy groups -OCH3 is 1. The first-order valence-electron chi connectivity index (χ1n) is 10.7. The molecule has 0 bridgehead atoms. The van der Waals surface area contributed by atoms with Gasteiger partial charge in [0.15, 0.2) is 11.8 Å². The number of hydrogen-bond donors (Lipinski definition) is 0. The topological polar surface area (TPSA) is 97.0 Å². The summed E-state index contributed by atoms with van der Waals surface area (Å²) in [4.78, 5) is 25.2. The second kappa shape index (κ2) is 10.8. The molecule has 1 aromatic carbocycles. The molecule has 13 heteroatoms. The molecular weight excluding hydrogens is 497 g/mol. The normalized spacial score (nSPS) is 11.5. The van der Waals surface area contributed by atoms with E-state index in [1.54, 1.807) is 24.2 Å². The monoisotopic (exact) mass is 518 g/mol. The number of aromatic nitrogens is 6. The van der Waals surface area contributed by atoms with Crippen LogP contribution in [0, 0.1) is 0 Å². The molecule has 0 saturated heterocycles. The summed E-state index contributed by atoms with van der Waals surface area (Å²) < 4.78 is 49.8. The SMILES string of the molecule is CCSc1nc(-c2cnn(Cc3ccc(OC)cc3)c2)cc(=O)n1-c1cnc(OCC(F)(F)F)nc1. The number of benzene rings is 1. The number of ether oxygens (including phenoxy) is 2. The molecule has 9 nitrogen and oxygen atoms in total. The lowest BCUT2D eigenvalue weighted by Gasteiger charge is -2.12. The molecule has 0 N–H and O–H groups in total. The van der Waals surface area contributed by atoms with E-state index >= 15 is 0 Å². The summed E-state index contributed by atoms with van der Waals surface area (Å²) >= 11 is 1.33. The Morgan fingerprint density at radius 3 is 2.44 bits per heavy atom. The van der Waals surface area contributed by atoms with Gasteiger partial charge in [-0.2, -0.15) is 18.3 Å². The summed E-state index contributed by atoms with van der Waals surface area (Å²) in [6.45, 7) is 0.925. The van der Waals surface area contributed by atoms with Crippen LogP contribution in [-0.4, -0.2) is 54.9 Å². The molecule has 0 aliphatic carbocycles. The second-order valence-electron chi connectivity index (χ2n) is 7.43. The highest BCUT2D eigenvalue weighted by molar-refractivity contribution is 7.99. The Kier molecular flexibility index (Phi) is 7.58. The molecule has 0 aliphatic heterocycles. The Morgan fingerprint density at radius 1 is 1.08 bits per heavy atom. The Morgan fingerprint density at radius 2 is 1.81 bits per heavy atom. The van der Waals surface area contributed by atoms with Crippen molar-refractivity contribution in [2.45, 2.75) is 24.8 Å². The molecule has 4 rings (SSSR count). The van der Waals surface area contributed by atoms with Crippen LogP contribution >= 0.6 is 11.8 Å². The average molecular weight is 519 g/mol. The number of hydrogen-bond acceptors (Lipinski definition) is 8. The lowest BCUT2D eigenvalue weighted by Crippen LogP contribution is -2.22. The molecule has 188 valence electrons. The smallest absolute Gasteiger partial charge is 0.422 e. The van der Waals surface area contributed by atoms with E-state index in [1.807, 2.05) is 31.2 Å². The fourth-order valence-corrected chi connectivity index (χ4v) is 3.96. The molecule has 0 atom stereocenters. The van der Waals surface area contributed by atoms with Gasteiger partial charge in [0, 0.05) is 17.8 Å². The van der Waals surface area contributed by atoms with E-state index in [1.165, 1.54) is 34.8 Å². The average Bonchev–Trinajstić information content (AvgIpc) is 3.32. The van der Waals surface area contributed by atoms with E-state index in [9.17, 15) is 18.0 Å². The minimum Gasteiger partial charge on any atom is -0.497 e. The minimum absolute atomic E-state index is 0.254. The summed E-state index contributed by atoms with van der Waals surface area (Å²) in [6, 6.07) is 8.54. The van der Waals surface area contributed by atoms with Crippen LogP contribution in [0.3, 0.4) is 0 Å². The Hall–Kier alpha value is -3.87. The van der Waals surface area contributed by atoms with Crippen LogP contribution in [0.1, 0.15) is 12.5 Å². The molecule has 36 heavy (non-hydrogen) atoms. The maximum atomic E-state index is 13.0. The number of halogens is 3. The molecule has 3 heterocycles. The van der Waals surface area contributed by atoms with Crippen LogP contribution in [0.5, 0.6) is 11.8 Å².